The van der Waals surface area contributed by atoms with Crippen molar-refractivity contribution in [3.05, 3.63) is 75.8 Å². The van der Waals surface area contributed by atoms with E-state index in [0.29, 0.717) is 17.0 Å². The summed E-state index contributed by atoms with van der Waals surface area (Å²) in [6, 6.07) is 16.0. The minimum absolute atomic E-state index is 0.00828. The van der Waals surface area contributed by atoms with Crippen molar-refractivity contribution in [2.45, 2.75) is 37.6 Å². The molecule has 0 saturated heterocycles. The quantitative estimate of drug-likeness (QED) is 0.648. The molecule has 0 aliphatic heterocycles. The number of nitrogens with two attached hydrogens (primary N) is 1. The first-order valence-corrected chi connectivity index (χ1v) is 10.8. The molecule has 32 heavy (non-hydrogen) atoms. The average molecular weight is 432 g/mol. The average Bonchev–Trinajstić information content (AvgIpc) is 2.81. The molecule has 1 saturated carbocycles. The molecule has 6 heteroatoms. The van der Waals surface area contributed by atoms with Crippen LogP contribution in [0.2, 0.25) is 0 Å². The molecule has 1 aliphatic rings. The van der Waals surface area contributed by atoms with Crippen LogP contribution in [0, 0.1) is 17.1 Å². The number of rotatable bonds is 4. The van der Waals surface area contributed by atoms with Crippen molar-refractivity contribution in [3.63, 3.8) is 0 Å². The van der Waals surface area contributed by atoms with Crippen LogP contribution >= 0.6 is 0 Å². The Kier molecular flexibility index (Phi) is 6.11. The first kappa shape index (κ1) is 21.8. The van der Waals surface area contributed by atoms with E-state index in [9.17, 15) is 9.18 Å². The zero-order valence-corrected chi connectivity index (χ0v) is 18.3. The Morgan fingerprint density at radius 2 is 1.72 bits per heavy atom. The summed E-state index contributed by atoms with van der Waals surface area (Å²) in [6.45, 7) is 0. The lowest BCUT2D eigenvalue weighted by Gasteiger charge is -2.27. The van der Waals surface area contributed by atoms with E-state index in [4.69, 9.17) is 15.7 Å². The summed E-state index contributed by atoms with van der Waals surface area (Å²) in [6.07, 6.45) is 3.49. The van der Waals surface area contributed by atoms with Gasteiger partial charge in [0.25, 0.3) is 5.56 Å². The van der Waals surface area contributed by atoms with Gasteiger partial charge in [-0.15, -0.1) is 0 Å². The number of pyridine rings is 1. The Balaban J connectivity index is 1.93. The van der Waals surface area contributed by atoms with E-state index in [-0.39, 0.29) is 23.1 Å². The van der Waals surface area contributed by atoms with Gasteiger partial charge in [-0.3, -0.25) is 4.79 Å². The smallest absolute Gasteiger partial charge is 0.254 e. The molecule has 1 aliphatic carbocycles. The highest BCUT2D eigenvalue weighted by Crippen LogP contribution is 2.37. The van der Waals surface area contributed by atoms with Gasteiger partial charge in [-0.2, -0.15) is 5.26 Å². The monoisotopic (exact) mass is 431 g/mol. The van der Waals surface area contributed by atoms with E-state index in [2.05, 4.69) is 0 Å². The third kappa shape index (κ3) is 4.04. The van der Waals surface area contributed by atoms with Crippen molar-refractivity contribution in [2.75, 3.05) is 7.11 Å². The predicted molar refractivity (Wildman–Crippen MR) is 123 cm³/mol. The van der Waals surface area contributed by atoms with E-state index in [1.54, 1.807) is 24.8 Å². The zero-order valence-electron chi connectivity index (χ0n) is 18.3. The molecule has 164 valence electrons. The molecule has 0 atom stereocenters. The number of benzene rings is 2. The zero-order chi connectivity index (χ0) is 22.8. The van der Waals surface area contributed by atoms with Crippen LogP contribution in [0.15, 0.2) is 53.3 Å². The van der Waals surface area contributed by atoms with Crippen molar-refractivity contribution in [3.8, 4) is 34.2 Å². The number of aromatic nitrogens is 1. The molecule has 4 rings (SSSR count). The van der Waals surface area contributed by atoms with Gasteiger partial charge in [0.05, 0.1) is 18.4 Å². The Labute approximate surface area is 186 Å². The van der Waals surface area contributed by atoms with Crippen LogP contribution in [0.1, 0.15) is 42.7 Å². The van der Waals surface area contributed by atoms with Gasteiger partial charge < -0.3 is 15.0 Å². The second kappa shape index (κ2) is 8.97. The maximum atomic E-state index is 14.5. The van der Waals surface area contributed by atoms with Gasteiger partial charge in [-0.25, -0.2) is 4.39 Å². The summed E-state index contributed by atoms with van der Waals surface area (Å²) in [7, 11) is 3.35. The number of nitriles is 1. The number of methoxy groups -OCH3 is 1. The standard InChI is InChI=1S/C26H26FN3O2/c1-30-25(17-7-11-21(32-2)12-8-17)22(18-3-4-19(15-28)24(27)13-18)14-23(26(30)31)16-5-9-20(29)10-6-16/h3-4,7-8,11-14,16,20H,5-6,9-10,29H2,1-2H3. The fourth-order valence-electron chi connectivity index (χ4n) is 4.58. The van der Waals surface area contributed by atoms with Gasteiger partial charge in [0.2, 0.25) is 0 Å². The molecule has 0 bridgehead atoms. The number of halogens is 1. The van der Waals surface area contributed by atoms with Gasteiger partial charge in [0.15, 0.2) is 0 Å². The van der Waals surface area contributed by atoms with Crippen molar-refractivity contribution >= 4 is 0 Å². The number of hydrogen-bond acceptors (Lipinski definition) is 4. The van der Waals surface area contributed by atoms with Crippen LogP contribution < -0.4 is 16.0 Å². The fourth-order valence-corrected chi connectivity index (χ4v) is 4.58. The predicted octanol–water partition coefficient (Wildman–Crippen LogP) is 4.72. The highest BCUT2D eigenvalue weighted by Gasteiger charge is 2.25. The first-order valence-electron chi connectivity index (χ1n) is 10.8. The number of nitrogens with zero attached hydrogens (tertiary/aromatic N) is 2. The minimum atomic E-state index is -0.579. The first-order chi connectivity index (χ1) is 15.4. The molecule has 3 aromatic rings. The summed E-state index contributed by atoms with van der Waals surface area (Å²) in [5, 5.41) is 9.12. The molecule has 0 radical (unpaired) electrons. The van der Waals surface area contributed by atoms with Crippen LogP contribution in [-0.2, 0) is 7.05 Å². The highest BCUT2D eigenvalue weighted by atomic mass is 19.1. The van der Waals surface area contributed by atoms with Gasteiger partial charge >= 0.3 is 0 Å². The molecule has 0 amide bonds. The molecule has 1 fully saturated rings. The second-order valence-electron chi connectivity index (χ2n) is 8.37. The van der Waals surface area contributed by atoms with Crippen LogP contribution in [-0.4, -0.2) is 17.7 Å². The Morgan fingerprint density at radius 3 is 2.31 bits per heavy atom. The molecule has 1 aromatic heterocycles. The Bertz CT molecular complexity index is 1230. The van der Waals surface area contributed by atoms with Crippen LogP contribution in [0.25, 0.3) is 22.4 Å². The van der Waals surface area contributed by atoms with E-state index in [0.717, 1.165) is 42.4 Å². The van der Waals surface area contributed by atoms with Crippen molar-refractivity contribution in [1.82, 2.24) is 4.57 Å². The molecule has 0 unspecified atom stereocenters. The van der Waals surface area contributed by atoms with Gasteiger partial charge in [0.1, 0.15) is 17.6 Å². The summed E-state index contributed by atoms with van der Waals surface area (Å²) < 4.78 is 21.4. The van der Waals surface area contributed by atoms with E-state index in [1.807, 2.05) is 36.4 Å². The molecular formula is C26H26FN3O2. The van der Waals surface area contributed by atoms with Crippen LogP contribution in [0.4, 0.5) is 4.39 Å². The van der Waals surface area contributed by atoms with E-state index < -0.39 is 5.82 Å². The second-order valence-corrected chi connectivity index (χ2v) is 8.37. The van der Waals surface area contributed by atoms with Gasteiger partial charge in [-0.05, 0) is 85.2 Å². The van der Waals surface area contributed by atoms with Crippen molar-refractivity contribution in [2.24, 2.45) is 12.8 Å². The van der Waals surface area contributed by atoms with E-state index >= 15 is 0 Å². The topological polar surface area (TPSA) is 81.0 Å². The normalized spacial score (nSPS) is 18.2. The maximum Gasteiger partial charge on any atom is 0.254 e. The van der Waals surface area contributed by atoms with E-state index in [1.165, 1.54) is 12.1 Å². The van der Waals surface area contributed by atoms with Crippen molar-refractivity contribution in [1.29, 1.82) is 5.26 Å². The molecule has 0 spiro atoms. The SMILES string of the molecule is COc1ccc(-c2c(-c3ccc(C#N)c(F)c3)cc(C3CCC(N)CC3)c(=O)n2C)cc1. The Hall–Kier alpha value is -3.43. The summed E-state index contributed by atoms with van der Waals surface area (Å²) in [5.74, 6) is 0.255. The van der Waals surface area contributed by atoms with Gasteiger partial charge in [-0.1, -0.05) is 6.07 Å². The molecule has 5 nitrogen and oxygen atoms in total. The molecule has 2 aromatic carbocycles. The summed E-state index contributed by atoms with van der Waals surface area (Å²) in [4.78, 5) is 13.4. The van der Waals surface area contributed by atoms with Gasteiger partial charge in [0, 0.05) is 24.2 Å². The Morgan fingerprint density at radius 1 is 1.06 bits per heavy atom. The lowest BCUT2D eigenvalue weighted by atomic mass is 9.81. The molecule has 1 heterocycles. The number of ether oxygens (including phenoxy) is 1. The minimum Gasteiger partial charge on any atom is -0.497 e. The maximum absolute atomic E-state index is 14.5. The third-order valence-electron chi connectivity index (χ3n) is 6.42. The number of hydrogen-bond donors (Lipinski definition) is 1. The lowest BCUT2D eigenvalue weighted by Crippen LogP contribution is -2.30. The summed E-state index contributed by atoms with van der Waals surface area (Å²) in [5.41, 5.74) is 9.64. The summed E-state index contributed by atoms with van der Waals surface area (Å²) >= 11 is 0. The van der Waals surface area contributed by atoms with Crippen molar-refractivity contribution < 1.29 is 9.13 Å². The largest absolute Gasteiger partial charge is 0.497 e. The third-order valence-corrected chi connectivity index (χ3v) is 6.42. The van der Waals surface area contributed by atoms with Crippen LogP contribution in [0.5, 0.6) is 5.75 Å². The lowest BCUT2D eigenvalue weighted by molar-refractivity contribution is 0.393. The molecule has 2 N–H and O–H groups in total. The van der Waals surface area contributed by atoms with Crippen LogP contribution in [0.3, 0.4) is 0 Å². The highest BCUT2D eigenvalue weighted by molar-refractivity contribution is 5.82. The molecular weight excluding hydrogens is 405 g/mol. The fraction of sp³-hybridized carbons (Fsp3) is 0.308.